The molecular formula is C48H74BN7O8. The van der Waals surface area contributed by atoms with E-state index in [0.717, 1.165) is 36.0 Å². The summed E-state index contributed by atoms with van der Waals surface area (Å²) < 4.78 is 12.9. The highest BCUT2D eigenvalue weighted by atomic mass is 16.7. The van der Waals surface area contributed by atoms with Crippen LogP contribution in [-0.4, -0.2) is 103 Å². The van der Waals surface area contributed by atoms with Gasteiger partial charge in [0.1, 0.15) is 24.2 Å². The van der Waals surface area contributed by atoms with E-state index >= 15 is 0 Å². The summed E-state index contributed by atoms with van der Waals surface area (Å²) in [4.78, 5) is 66.3. The lowest BCUT2D eigenvalue weighted by atomic mass is 9.43. The first kappa shape index (κ1) is 50.7. The van der Waals surface area contributed by atoms with Crippen LogP contribution in [0.1, 0.15) is 118 Å². The summed E-state index contributed by atoms with van der Waals surface area (Å²) in [6.07, 6.45) is 5.75. The quantitative estimate of drug-likeness (QED) is 0.0567. The second-order valence-electron chi connectivity index (χ2n) is 19.2. The molecule has 3 aliphatic carbocycles. The molecule has 5 amide bonds. The van der Waals surface area contributed by atoms with Crippen LogP contribution < -0.4 is 37.6 Å². The van der Waals surface area contributed by atoms with Crippen molar-refractivity contribution in [2.45, 2.75) is 168 Å². The molecule has 0 spiro atoms. The van der Waals surface area contributed by atoms with Crippen LogP contribution in [0, 0.1) is 17.3 Å². The van der Waals surface area contributed by atoms with Crippen LogP contribution in [-0.2, 0) is 46.2 Å². The Morgan fingerprint density at radius 2 is 1.41 bits per heavy atom. The van der Waals surface area contributed by atoms with Crippen LogP contribution in [0.15, 0.2) is 48.5 Å². The van der Waals surface area contributed by atoms with Crippen molar-refractivity contribution in [2.24, 2.45) is 23.0 Å². The third-order valence-corrected chi connectivity index (χ3v) is 13.8. The van der Waals surface area contributed by atoms with E-state index in [2.05, 4.69) is 96.0 Å². The SMILES string of the molecule is CCCCc1ccc(-c2ccc(CNCC[C@H](NC(C)=O)C(=O)N[C@H](C(=O)N[C@@H](C)C(=O)N[C@@H](CCCCN)C(=O)N[C@@H](C)B3OC4C[C@@H]5C[C@@H](C5(C)C)[C@]4(C)O3)[C@@H](C)O)cc2)cc1. The van der Waals surface area contributed by atoms with Gasteiger partial charge in [-0.3, -0.25) is 24.0 Å². The minimum absolute atomic E-state index is 0.0502. The fourth-order valence-electron chi connectivity index (χ4n) is 9.65. The zero-order chi connectivity index (χ0) is 46.8. The van der Waals surface area contributed by atoms with Crippen LogP contribution in [0.3, 0.4) is 0 Å². The van der Waals surface area contributed by atoms with Gasteiger partial charge in [-0.15, -0.1) is 0 Å². The number of amides is 5. The Labute approximate surface area is 380 Å². The van der Waals surface area contributed by atoms with Crippen molar-refractivity contribution >= 4 is 36.7 Å². The van der Waals surface area contributed by atoms with Gasteiger partial charge in [-0.2, -0.15) is 0 Å². The van der Waals surface area contributed by atoms with Crippen molar-refractivity contribution in [3.8, 4) is 11.1 Å². The van der Waals surface area contributed by atoms with Crippen molar-refractivity contribution in [3.05, 3.63) is 59.7 Å². The van der Waals surface area contributed by atoms with Crippen molar-refractivity contribution in [1.29, 1.82) is 0 Å². The molecule has 0 aromatic heterocycles. The van der Waals surface area contributed by atoms with Gasteiger partial charge < -0.3 is 52.0 Å². The Bertz CT molecular complexity index is 1900. The lowest BCUT2D eigenvalue weighted by molar-refractivity contribution is -0.199. The lowest BCUT2D eigenvalue weighted by Crippen LogP contribution is -2.65. The molecular weight excluding hydrogens is 813 g/mol. The number of aliphatic hydroxyl groups excluding tert-OH is 1. The van der Waals surface area contributed by atoms with Gasteiger partial charge in [0.2, 0.25) is 29.5 Å². The van der Waals surface area contributed by atoms with E-state index < -0.39 is 78.5 Å². The third kappa shape index (κ3) is 12.7. The maximum Gasteiger partial charge on any atom is 0.481 e. The molecule has 4 aliphatic rings. The number of carbonyl (C=O) groups excluding carboxylic acids is 5. The fourth-order valence-corrected chi connectivity index (χ4v) is 9.65. The summed E-state index contributed by atoms with van der Waals surface area (Å²) in [6.45, 7) is 16.1. The van der Waals surface area contributed by atoms with E-state index in [9.17, 15) is 29.1 Å². The van der Waals surface area contributed by atoms with Gasteiger partial charge in [-0.25, -0.2) is 0 Å². The molecule has 15 nitrogen and oxygen atoms in total. The topological polar surface area (TPSA) is 222 Å². The number of hydrogen-bond donors (Lipinski definition) is 8. The normalized spacial score (nSPS) is 23.5. The Morgan fingerprint density at radius 3 is 2.00 bits per heavy atom. The molecule has 3 saturated carbocycles. The summed E-state index contributed by atoms with van der Waals surface area (Å²) in [5.41, 5.74) is 10.1. The number of hydrogen-bond acceptors (Lipinski definition) is 10. The molecule has 2 bridgehead atoms. The first-order chi connectivity index (χ1) is 30.4. The van der Waals surface area contributed by atoms with Gasteiger partial charge in [-0.05, 0) is 132 Å². The molecule has 1 saturated heterocycles. The third-order valence-electron chi connectivity index (χ3n) is 13.8. The van der Waals surface area contributed by atoms with E-state index in [-0.39, 0.29) is 17.9 Å². The molecule has 16 heteroatoms. The Kier molecular flexibility index (Phi) is 18.0. The molecule has 64 heavy (non-hydrogen) atoms. The number of carbonyl (C=O) groups is 5. The molecule has 10 atom stereocenters. The second kappa shape index (κ2) is 22.7. The van der Waals surface area contributed by atoms with Gasteiger partial charge in [-0.1, -0.05) is 75.7 Å². The minimum Gasteiger partial charge on any atom is -0.404 e. The Balaban J connectivity index is 1.10. The summed E-state index contributed by atoms with van der Waals surface area (Å²) in [7, 11) is -0.644. The molecule has 2 aromatic carbocycles. The van der Waals surface area contributed by atoms with Crippen molar-refractivity contribution < 1.29 is 38.4 Å². The van der Waals surface area contributed by atoms with Crippen molar-refractivity contribution in [1.82, 2.24) is 31.9 Å². The standard InChI is InChI=1S/C48H74BN7O8/c1-9-10-13-33-15-19-35(20-16-33)36-21-17-34(18-22-36)28-51-25-23-39(54-32(5)58)45(61)56-42(30(3)57)46(62)52-29(2)43(59)55-38(14-11-12-24-50)44(60)53-31(4)49-63-41-27-37-26-40(47(37,6)7)48(41,8)64-49/h15-22,29-31,37-42,51,57H,9-14,23-28,50H2,1-8H3,(H,52,62)(H,53,60)(H,54,58)(H,55,59)(H,56,61)/t29-,30+,31-,37-,38-,39-,40-,41?,42-,48-/m0/s1. The largest absolute Gasteiger partial charge is 0.481 e. The predicted molar refractivity (Wildman–Crippen MR) is 248 cm³/mol. The number of unbranched alkanes of at least 4 members (excludes halogenated alkanes) is 2. The highest BCUT2D eigenvalue weighted by Crippen LogP contribution is 2.65. The number of nitrogens with one attached hydrogen (secondary N) is 6. The number of rotatable bonds is 24. The van der Waals surface area contributed by atoms with Gasteiger partial charge in [0.05, 0.1) is 23.8 Å². The first-order valence-corrected chi connectivity index (χ1v) is 23.5. The number of aliphatic hydroxyl groups is 1. The van der Waals surface area contributed by atoms with Gasteiger partial charge in [0.15, 0.2) is 0 Å². The van der Waals surface area contributed by atoms with Crippen LogP contribution in [0.2, 0.25) is 0 Å². The maximum atomic E-state index is 13.7. The molecule has 2 aromatic rings. The molecule has 1 unspecified atom stereocenters. The monoisotopic (exact) mass is 888 g/mol. The van der Waals surface area contributed by atoms with Gasteiger partial charge >= 0.3 is 7.12 Å². The van der Waals surface area contributed by atoms with Crippen LogP contribution in [0.25, 0.3) is 11.1 Å². The van der Waals surface area contributed by atoms with E-state index in [1.807, 2.05) is 19.1 Å². The Hall–Kier alpha value is -4.35. The summed E-state index contributed by atoms with van der Waals surface area (Å²) in [5, 5.41) is 27.4. The molecule has 352 valence electrons. The minimum atomic E-state index is -1.45. The number of benzene rings is 2. The van der Waals surface area contributed by atoms with E-state index in [1.54, 1.807) is 0 Å². The van der Waals surface area contributed by atoms with E-state index in [0.29, 0.717) is 50.7 Å². The highest BCUT2D eigenvalue weighted by molar-refractivity contribution is 6.47. The average molecular weight is 888 g/mol. The first-order valence-electron chi connectivity index (χ1n) is 23.5. The van der Waals surface area contributed by atoms with Gasteiger partial charge in [0.25, 0.3) is 0 Å². The van der Waals surface area contributed by atoms with Crippen LogP contribution in [0.5, 0.6) is 0 Å². The fraction of sp³-hybridized carbons (Fsp3) is 0.646. The molecule has 1 heterocycles. The predicted octanol–water partition coefficient (Wildman–Crippen LogP) is 3.44. The average Bonchev–Trinajstić information content (AvgIpc) is 3.63. The molecule has 4 fully saturated rings. The second-order valence-corrected chi connectivity index (χ2v) is 19.2. The Morgan fingerprint density at radius 1 is 0.781 bits per heavy atom. The molecule has 9 N–H and O–H groups in total. The highest BCUT2D eigenvalue weighted by Gasteiger charge is 2.68. The number of aryl methyl sites for hydroxylation is 1. The maximum absolute atomic E-state index is 13.7. The summed E-state index contributed by atoms with van der Waals surface area (Å²) in [5.74, 6) is -2.53. The van der Waals surface area contributed by atoms with E-state index in [4.69, 9.17) is 15.0 Å². The molecule has 1 aliphatic heterocycles. The van der Waals surface area contributed by atoms with Crippen molar-refractivity contribution in [3.63, 3.8) is 0 Å². The molecule has 6 rings (SSSR count). The summed E-state index contributed by atoms with van der Waals surface area (Å²) in [6, 6.07) is 12.4. The summed E-state index contributed by atoms with van der Waals surface area (Å²) >= 11 is 0. The zero-order valence-electron chi connectivity index (χ0n) is 39.3. The lowest BCUT2D eigenvalue weighted by Gasteiger charge is -2.64. The van der Waals surface area contributed by atoms with E-state index in [1.165, 1.54) is 39.2 Å². The van der Waals surface area contributed by atoms with Gasteiger partial charge in [0, 0.05) is 13.5 Å². The zero-order valence-corrected chi connectivity index (χ0v) is 39.3. The van der Waals surface area contributed by atoms with Crippen LogP contribution in [0.4, 0.5) is 0 Å². The smallest absolute Gasteiger partial charge is 0.404 e. The number of nitrogens with two attached hydrogens (primary N) is 1. The van der Waals surface area contributed by atoms with Crippen molar-refractivity contribution in [2.75, 3.05) is 13.1 Å². The van der Waals surface area contributed by atoms with Crippen LogP contribution >= 0.6 is 0 Å². The molecule has 0 radical (unpaired) electrons.